The van der Waals surface area contributed by atoms with Gasteiger partial charge in [-0.1, -0.05) is 32.3 Å². The fourth-order valence-electron chi connectivity index (χ4n) is 3.30. The first-order valence-electron chi connectivity index (χ1n) is 7.14. The van der Waals surface area contributed by atoms with Gasteiger partial charge in [-0.2, -0.15) is 0 Å². The molecule has 0 radical (unpaired) electrons. The second-order valence-corrected chi connectivity index (χ2v) is 6.77. The van der Waals surface area contributed by atoms with Gasteiger partial charge in [-0.15, -0.1) is 11.3 Å². The summed E-state index contributed by atoms with van der Waals surface area (Å²) in [5.74, 6) is 0.869. The van der Waals surface area contributed by atoms with Crippen LogP contribution in [0.3, 0.4) is 0 Å². The molecule has 3 heteroatoms. The molecule has 102 valence electrons. The molecule has 0 saturated heterocycles. The molecule has 2 nitrogen and oxygen atoms in total. The highest BCUT2D eigenvalue weighted by Gasteiger charge is 2.37. The third-order valence-corrected chi connectivity index (χ3v) is 5.52. The minimum atomic E-state index is 0.239. The lowest BCUT2D eigenvalue weighted by atomic mass is 9.74. The zero-order chi connectivity index (χ0) is 13.0. The maximum atomic E-state index is 6.15. The predicted molar refractivity (Wildman–Crippen MR) is 79.8 cm³/mol. The van der Waals surface area contributed by atoms with Crippen LogP contribution >= 0.6 is 11.3 Å². The Balaban J connectivity index is 2.05. The van der Waals surface area contributed by atoms with E-state index in [-0.39, 0.29) is 5.54 Å². The summed E-state index contributed by atoms with van der Waals surface area (Å²) in [7, 11) is 2.25. The fraction of sp³-hybridized carbons (Fsp3) is 0.733. The van der Waals surface area contributed by atoms with Crippen LogP contribution < -0.4 is 5.73 Å². The van der Waals surface area contributed by atoms with E-state index in [1.807, 2.05) is 11.3 Å². The molecule has 0 spiro atoms. The Kier molecular flexibility index (Phi) is 4.82. The minimum absolute atomic E-state index is 0.239. The van der Waals surface area contributed by atoms with Crippen LogP contribution in [0.4, 0.5) is 0 Å². The van der Waals surface area contributed by atoms with E-state index in [4.69, 9.17) is 5.73 Å². The second kappa shape index (κ2) is 6.18. The van der Waals surface area contributed by atoms with Crippen LogP contribution in [0.15, 0.2) is 17.5 Å². The van der Waals surface area contributed by atoms with E-state index >= 15 is 0 Å². The molecule has 2 N–H and O–H groups in total. The first-order chi connectivity index (χ1) is 8.70. The number of nitrogens with two attached hydrogens (primary N) is 1. The third kappa shape index (κ3) is 2.95. The SMILES string of the molecule is CCC1CCCC(CN)(N(C)Cc2cccs2)C1. The van der Waals surface area contributed by atoms with Crippen LogP contribution in [0, 0.1) is 5.92 Å². The van der Waals surface area contributed by atoms with Gasteiger partial charge in [0.25, 0.3) is 0 Å². The number of hydrogen-bond donors (Lipinski definition) is 1. The number of thiophene rings is 1. The maximum Gasteiger partial charge on any atom is 0.0335 e. The Bertz CT molecular complexity index is 349. The Morgan fingerprint density at radius 2 is 2.39 bits per heavy atom. The average Bonchev–Trinajstić information content (AvgIpc) is 2.91. The van der Waals surface area contributed by atoms with Crippen molar-refractivity contribution in [1.29, 1.82) is 0 Å². The van der Waals surface area contributed by atoms with Gasteiger partial charge in [0.1, 0.15) is 0 Å². The van der Waals surface area contributed by atoms with Crippen molar-refractivity contribution in [1.82, 2.24) is 4.90 Å². The summed E-state index contributed by atoms with van der Waals surface area (Å²) in [5, 5.41) is 2.16. The van der Waals surface area contributed by atoms with Crippen LogP contribution in [0.1, 0.15) is 43.9 Å². The van der Waals surface area contributed by atoms with Crippen molar-refractivity contribution in [2.75, 3.05) is 13.6 Å². The van der Waals surface area contributed by atoms with Gasteiger partial charge in [-0.25, -0.2) is 0 Å². The second-order valence-electron chi connectivity index (χ2n) is 5.73. The molecule has 1 aromatic rings. The van der Waals surface area contributed by atoms with E-state index in [0.29, 0.717) is 0 Å². The van der Waals surface area contributed by atoms with Gasteiger partial charge in [0.2, 0.25) is 0 Å². The maximum absolute atomic E-state index is 6.15. The Morgan fingerprint density at radius 1 is 1.56 bits per heavy atom. The zero-order valence-electron chi connectivity index (χ0n) is 11.7. The van der Waals surface area contributed by atoms with E-state index < -0.39 is 0 Å². The molecule has 2 unspecified atom stereocenters. The summed E-state index contributed by atoms with van der Waals surface area (Å²) in [6.45, 7) is 4.16. The molecule has 2 rings (SSSR count). The van der Waals surface area contributed by atoms with Crippen LogP contribution in [-0.2, 0) is 6.54 Å². The lowest BCUT2D eigenvalue weighted by molar-refractivity contribution is 0.0511. The van der Waals surface area contributed by atoms with E-state index in [0.717, 1.165) is 19.0 Å². The van der Waals surface area contributed by atoms with Crippen molar-refractivity contribution < 1.29 is 0 Å². The normalized spacial score (nSPS) is 28.8. The molecule has 2 atom stereocenters. The predicted octanol–water partition coefficient (Wildman–Crippen LogP) is 3.48. The summed E-state index contributed by atoms with van der Waals surface area (Å²) in [6, 6.07) is 4.37. The van der Waals surface area contributed by atoms with Gasteiger partial charge in [0.05, 0.1) is 0 Å². The topological polar surface area (TPSA) is 29.3 Å². The molecular weight excluding hydrogens is 240 g/mol. The molecule has 18 heavy (non-hydrogen) atoms. The van der Waals surface area contributed by atoms with E-state index in [2.05, 4.69) is 36.4 Å². The zero-order valence-corrected chi connectivity index (χ0v) is 12.5. The van der Waals surface area contributed by atoms with Gasteiger partial charge in [-0.3, -0.25) is 4.90 Å². The summed E-state index contributed by atoms with van der Waals surface area (Å²) in [5.41, 5.74) is 6.39. The first-order valence-corrected chi connectivity index (χ1v) is 8.02. The summed E-state index contributed by atoms with van der Waals surface area (Å²) in [6.07, 6.45) is 6.58. The molecule has 1 aliphatic rings. The first kappa shape index (κ1) is 14.0. The molecule has 1 aromatic heterocycles. The molecule has 0 bridgehead atoms. The summed E-state index contributed by atoms with van der Waals surface area (Å²) < 4.78 is 0. The largest absolute Gasteiger partial charge is 0.329 e. The van der Waals surface area contributed by atoms with Crippen molar-refractivity contribution in [2.24, 2.45) is 11.7 Å². The highest BCUT2D eigenvalue weighted by molar-refractivity contribution is 7.09. The van der Waals surface area contributed by atoms with Gasteiger partial charge in [0.15, 0.2) is 0 Å². The van der Waals surface area contributed by atoms with E-state index in [9.17, 15) is 0 Å². The van der Waals surface area contributed by atoms with E-state index in [1.165, 1.54) is 37.0 Å². The smallest absolute Gasteiger partial charge is 0.0335 e. The number of hydrogen-bond acceptors (Lipinski definition) is 3. The van der Waals surface area contributed by atoms with Gasteiger partial charge in [-0.05, 0) is 37.3 Å². The van der Waals surface area contributed by atoms with Crippen LogP contribution in [0.5, 0.6) is 0 Å². The Morgan fingerprint density at radius 3 is 3.00 bits per heavy atom. The van der Waals surface area contributed by atoms with Gasteiger partial charge in [0, 0.05) is 23.5 Å². The van der Waals surface area contributed by atoms with Gasteiger partial charge < -0.3 is 5.73 Å². The number of likely N-dealkylation sites (N-methyl/N-ethyl adjacent to an activating group) is 1. The van der Waals surface area contributed by atoms with Crippen molar-refractivity contribution in [2.45, 2.75) is 51.1 Å². The molecule has 0 aromatic carbocycles. The van der Waals surface area contributed by atoms with Crippen molar-refractivity contribution >= 4 is 11.3 Å². The Hall–Kier alpha value is -0.380. The highest BCUT2D eigenvalue weighted by atomic mass is 32.1. The third-order valence-electron chi connectivity index (χ3n) is 4.66. The van der Waals surface area contributed by atoms with E-state index in [1.54, 1.807) is 0 Å². The molecular formula is C15H26N2S. The molecule has 0 aliphatic heterocycles. The standard InChI is InChI=1S/C15H26N2S/c1-3-13-6-4-8-15(10-13,12-16)17(2)11-14-7-5-9-18-14/h5,7,9,13H,3-4,6,8,10-12,16H2,1-2H3. The highest BCUT2D eigenvalue weighted by Crippen LogP contribution is 2.38. The van der Waals surface area contributed by atoms with Crippen molar-refractivity contribution in [3.8, 4) is 0 Å². The summed E-state index contributed by atoms with van der Waals surface area (Å²) >= 11 is 1.85. The lowest BCUT2D eigenvalue weighted by Gasteiger charge is -2.46. The van der Waals surface area contributed by atoms with Crippen molar-refractivity contribution in [3.63, 3.8) is 0 Å². The van der Waals surface area contributed by atoms with Gasteiger partial charge >= 0.3 is 0 Å². The van der Waals surface area contributed by atoms with Crippen LogP contribution in [-0.4, -0.2) is 24.0 Å². The van der Waals surface area contributed by atoms with Crippen molar-refractivity contribution in [3.05, 3.63) is 22.4 Å². The monoisotopic (exact) mass is 266 g/mol. The quantitative estimate of drug-likeness (QED) is 0.884. The molecule has 1 saturated carbocycles. The molecule has 1 fully saturated rings. The Labute approximate surface area is 115 Å². The average molecular weight is 266 g/mol. The fourth-order valence-corrected chi connectivity index (χ4v) is 4.06. The van der Waals surface area contributed by atoms with Crippen LogP contribution in [0.25, 0.3) is 0 Å². The number of rotatable bonds is 5. The lowest BCUT2D eigenvalue weighted by Crippen LogP contribution is -2.54. The molecule has 1 aliphatic carbocycles. The molecule has 1 heterocycles. The van der Waals surface area contributed by atoms with Crippen LogP contribution in [0.2, 0.25) is 0 Å². The number of nitrogens with zero attached hydrogens (tertiary/aromatic N) is 1. The summed E-state index contributed by atoms with van der Waals surface area (Å²) in [4.78, 5) is 3.96. The molecule has 0 amide bonds. The minimum Gasteiger partial charge on any atom is -0.329 e.